The molecular formula is C15H27N5. The fourth-order valence-corrected chi connectivity index (χ4v) is 2.49. The van der Waals surface area contributed by atoms with Gasteiger partial charge in [0.1, 0.15) is 5.82 Å². The van der Waals surface area contributed by atoms with Crippen LogP contribution >= 0.6 is 0 Å². The molecule has 0 bridgehead atoms. The van der Waals surface area contributed by atoms with Crippen molar-refractivity contribution in [2.24, 2.45) is 0 Å². The van der Waals surface area contributed by atoms with E-state index in [1.807, 2.05) is 13.0 Å². The lowest BCUT2D eigenvalue weighted by Crippen LogP contribution is -2.31. The smallest absolute Gasteiger partial charge is 0.227 e. The molecule has 5 heteroatoms. The molecule has 1 fully saturated rings. The topological polar surface area (TPSA) is 44.3 Å². The summed E-state index contributed by atoms with van der Waals surface area (Å²) < 4.78 is 0. The van der Waals surface area contributed by atoms with E-state index in [2.05, 4.69) is 39.2 Å². The van der Waals surface area contributed by atoms with Crippen molar-refractivity contribution in [3.63, 3.8) is 0 Å². The molecule has 112 valence electrons. The second-order valence-electron chi connectivity index (χ2n) is 5.83. The highest BCUT2D eigenvalue weighted by molar-refractivity contribution is 5.43. The third-order valence-electron chi connectivity index (χ3n) is 3.57. The minimum absolute atomic E-state index is 0.889. The highest BCUT2D eigenvalue weighted by Crippen LogP contribution is 2.18. The van der Waals surface area contributed by atoms with Crippen molar-refractivity contribution >= 4 is 11.8 Å². The van der Waals surface area contributed by atoms with E-state index in [0.717, 1.165) is 50.1 Å². The van der Waals surface area contributed by atoms with Gasteiger partial charge in [0, 0.05) is 31.4 Å². The van der Waals surface area contributed by atoms with Gasteiger partial charge in [-0.15, -0.1) is 0 Å². The first-order chi connectivity index (χ1) is 9.65. The van der Waals surface area contributed by atoms with Gasteiger partial charge in [-0.3, -0.25) is 0 Å². The molecule has 2 rings (SSSR count). The van der Waals surface area contributed by atoms with E-state index in [-0.39, 0.29) is 0 Å². The Labute approximate surface area is 122 Å². The van der Waals surface area contributed by atoms with Gasteiger partial charge in [0.15, 0.2) is 0 Å². The molecule has 20 heavy (non-hydrogen) atoms. The molecule has 5 nitrogen and oxygen atoms in total. The second kappa shape index (κ2) is 7.43. The minimum Gasteiger partial charge on any atom is -0.370 e. The molecule has 1 aromatic rings. The van der Waals surface area contributed by atoms with Crippen LogP contribution in [0.4, 0.5) is 11.8 Å². The van der Waals surface area contributed by atoms with Gasteiger partial charge in [0.25, 0.3) is 0 Å². The zero-order chi connectivity index (χ0) is 14.4. The van der Waals surface area contributed by atoms with Crippen molar-refractivity contribution in [2.75, 3.05) is 50.5 Å². The average molecular weight is 277 g/mol. The number of anilines is 2. The molecule has 0 aromatic carbocycles. The zero-order valence-corrected chi connectivity index (χ0v) is 13.0. The van der Waals surface area contributed by atoms with Crippen molar-refractivity contribution in [3.8, 4) is 0 Å². The lowest BCUT2D eigenvalue weighted by atomic mass is 10.1. The maximum absolute atomic E-state index is 4.66. The second-order valence-corrected chi connectivity index (χ2v) is 5.83. The molecule has 1 aliphatic heterocycles. The Bertz CT molecular complexity index is 413. The average Bonchev–Trinajstić information content (AvgIpc) is 2.44. The monoisotopic (exact) mass is 277 g/mol. The Morgan fingerprint density at radius 1 is 1.20 bits per heavy atom. The van der Waals surface area contributed by atoms with Gasteiger partial charge in [0.05, 0.1) is 0 Å². The first-order valence-electron chi connectivity index (χ1n) is 7.64. The summed E-state index contributed by atoms with van der Waals surface area (Å²) in [6.45, 7) is 6.26. The summed E-state index contributed by atoms with van der Waals surface area (Å²) in [6, 6.07) is 2.03. The summed E-state index contributed by atoms with van der Waals surface area (Å²) in [7, 11) is 4.20. The molecule has 0 radical (unpaired) electrons. The molecule has 2 heterocycles. The van der Waals surface area contributed by atoms with E-state index in [1.54, 1.807) is 0 Å². The molecule has 0 amide bonds. The standard InChI is InChI=1S/C15H27N5/c1-13-12-14(16-8-7-9-19(2)3)18-15(17-13)20-10-5-4-6-11-20/h12H,4-11H2,1-3H3,(H,16,17,18). The van der Waals surface area contributed by atoms with Crippen LogP contribution in [0.3, 0.4) is 0 Å². The summed E-state index contributed by atoms with van der Waals surface area (Å²) in [4.78, 5) is 13.8. The van der Waals surface area contributed by atoms with E-state index in [4.69, 9.17) is 0 Å². The minimum atomic E-state index is 0.889. The van der Waals surface area contributed by atoms with Gasteiger partial charge >= 0.3 is 0 Å². The van der Waals surface area contributed by atoms with Crippen molar-refractivity contribution < 1.29 is 0 Å². The molecule has 0 aliphatic carbocycles. The zero-order valence-electron chi connectivity index (χ0n) is 13.0. The number of hydrogen-bond acceptors (Lipinski definition) is 5. The van der Waals surface area contributed by atoms with E-state index in [9.17, 15) is 0 Å². The summed E-state index contributed by atoms with van der Waals surface area (Å²) in [6.07, 6.45) is 4.96. The molecule has 1 aromatic heterocycles. The number of aryl methyl sites for hydroxylation is 1. The van der Waals surface area contributed by atoms with E-state index in [0.29, 0.717) is 0 Å². The highest BCUT2D eigenvalue weighted by atomic mass is 15.3. The largest absolute Gasteiger partial charge is 0.370 e. The Kier molecular flexibility index (Phi) is 5.59. The molecule has 0 spiro atoms. The number of hydrogen-bond donors (Lipinski definition) is 1. The van der Waals surface area contributed by atoms with Gasteiger partial charge in [0.2, 0.25) is 5.95 Å². The fraction of sp³-hybridized carbons (Fsp3) is 0.733. The van der Waals surface area contributed by atoms with Gasteiger partial charge in [-0.25, -0.2) is 4.98 Å². The van der Waals surface area contributed by atoms with Crippen molar-refractivity contribution in [1.29, 1.82) is 0 Å². The van der Waals surface area contributed by atoms with Crippen molar-refractivity contribution in [3.05, 3.63) is 11.8 Å². The first kappa shape index (κ1) is 15.0. The van der Waals surface area contributed by atoms with Crippen LogP contribution < -0.4 is 10.2 Å². The van der Waals surface area contributed by atoms with Crippen LogP contribution in [0.1, 0.15) is 31.4 Å². The van der Waals surface area contributed by atoms with E-state index >= 15 is 0 Å². The Morgan fingerprint density at radius 3 is 2.65 bits per heavy atom. The molecular weight excluding hydrogens is 250 g/mol. The summed E-state index contributed by atoms with van der Waals surface area (Å²) in [5, 5.41) is 3.42. The van der Waals surface area contributed by atoms with Crippen LogP contribution in [0.2, 0.25) is 0 Å². The number of piperidine rings is 1. The third-order valence-corrected chi connectivity index (χ3v) is 3.57. The van der Waals surface area contributed by atoms with E-state index in [1.165, 1.54) is 19.3 Å². The Morgan fingerprint density at radius 2 is 1.95 bits per heavy atom. The molecule has 0 saturated carbocycles. The predicted octanol–water partition coefficient (Wildman–Crippen LogP) is 2.14. The number of aromatic nitrogens is 2. The number of nitrogens with one attached hydrogen (secondary N) is 1. The van der Waals surface area contributed by atoms with Crippen LogP contribution in [-0.4, -0.2) is 55.1 Å². The van der Waals surface area contributed by atoms with Crippen LogP contribution in [0, 0.1) is 6.92 Å². The normalized spacial score (nSPS) is 15.7. The number of rotatable bonds is 6. The summed E-state index contributed by atoms with van der Waals surface area (Å²) >= 11 is 0. The lowest BCUT2D eigenvalue weighted by Gasteiger charge is -2.27. The molecule has 1 saturated heterocycles. The van der Waals surface area contributed by atoms with Gasteiger partial charge in [-0.2, -0.15) is 4.98 Å². The van der Waals surface area contributed by atoms with Crippen LogP contribution in [0.15, 0.2) is 6.07 Å². The fourth-order valence-electron chi connectivity index (χ4n) is 2.49. The van der Waals surface area contributed by atoms with Crippen molar-refractivity contribution in [1.82, 2.24) is 14.9 Å². The lowest BCUT2D eigenvalue weighted by molar-refractivity contribution is 0.405. The third kappa shape index (κ3) is 4.63. The van der Waals surface area contributed by atoms with Gasteiger partial charge in [-0.05, 0) is 53.2 Å². The van der Waals surface area contributed by atoms with Gasteiger partial charge in [-0.1, -0.05) is 0 Å². The van der Waals surface area contributed by atoms with Crippen LogP contribution in [0.5, 0.6) is 0 Å². The molecule has 0 unspecified atom stereocenters. The maximum Gasteiger partial charge on any atom is 0.227 e. The summed E-state index contributed by atoms with van der Waals surface area (Å²) in [5.74, 6) is 1.84. The van der Waals surface area contributed by atoms with Gasteiger partial charge < -0.3 is 15.1 Å². The first-order valence-corrected chi connectivity index (χ1v) is 7.64. The SMILES string of the molecule is Cc1cc(NCCCN(C)C)nc(N2CCCCC2)n1. The van der Waals surface area contributed by atoms with Crippen molar-refractivity contribution in [2.45, 2.75) is 32.6 Å². The molecule has 1 N–H and O–H groups in total. The quantitative estimate of drug-likeness (QED) is 0.807. The molecule has 1 aliphatic rings. The number of nitrogens with zero attached hydrogens (tertiary/aromatic N) is 4. The highest BCUT2D eigenvalue weighted by Gasteiger charge is 2.14. The van der Waals surface area contributed by atoms with E-state index < -0.39 is 0 Å². The predicted molar refractivity (Wildman–Crippen MR) is 84.5 cm³/mol. The maximum atomic E-state index is 4.66. The van der Waals surface area contributed by atoms with Crippen LogP contribution in [0.25, 0.3) is 0 Å². The summed E-state index contributed by atoms with van der Waals surface area (Å²) in [5.41, 5.74) is 1.04. The molecule has 0 atom stereocenters. The Hall–Kier alpha value is -1.36. The Balaban J connectivity index is 1.93. The van der Waals surface area contributed by atoms with Crippen LogP contribution in [-0.2, 0) is 0 Å².